The molecular formula is C11H21NO2. The van der Waals surface area contributed by atoms with Crippen molar-refractivity contribution in [2.24, 2.45) is 11.8 Å². The Morgan fingerprint density at radius 2 is 1.57 bits per heavy atom. The molecule has 2 saturated heterocycles. The molecule has 0 bridgehead atoms. The van der Waals surface area contributed by atoms with E-state index in [2.05, 4.69) is 5.32 Å². The van der Waals surface area contributed by atoms with Gasteiger partial charge in [0.2, 0.25) is 0 Å². The Labute approximate surface area is 85.8 Å². The molecule has 0 aromatic carbocycles. The van der Waals surface area contributed by atoms with Crippen LogP contribution in [-0.4, -0.2) is 37.5 Å². The summed E-state index contributed by atoms with van der Waals surface area (Å²) in [5.74, 6) is 1.02. The van der Waals surface area contributed by atoms with Gasteiger partial charge in [0, 0.05) is 13.2 Å². The molecule has 2 aliphatic rings. The zero-order chi connectivity index (χ0) is 9.80. The van der Waals surface area contributed by atoms with Crippen LogP contribution in [0.1, 0.15) is 25.7 Å². The Bertz CT molecular complexity index is 145. The van der Waals surface area contributed by atoms with Gasteiger partial charge < -0.3 is 15.2 Å². The number of nitrogens with one attached hydrogen (secondary N) is 1. The Balaban J connectivity index is 1.82. The molecule has 0 aliphatic carbocycles. The normalized spacial score (nSPS) is 28.9. The van der Waals surface area contributed by atoms with Crippen molar-refractivity contribution in [2.75, 3.05) is 26.3 Å². The topological polar surface area (TPSA) is 41.5 Å². The van der Waals surface area contributed by atoms with Crippen molar-refractivity contribution in [3.63, 3.8) is 0 Å². The molecule has 2 N–H and O–H groups in total. The van der Waals surface area contributed by atoms with Gasteiger partial charge in [-0.1, -0.05) is 0 Å². The fraction of sp³-hybridized carbons (Fsp3) is 1.00. The second-order valence-corrected chi connectivity index (χ2v) is 4.53. The lowest BCUT2D eigenvalue weighted by Gasteiger charge is -2.34. The molecule has 0 unspecified atom stereocenters. The molecular weight excluding hydrogens is 178 g/mol. The molecule has 0 radical (unpaired) electrons. The second kappa shape index (κ2) is 5.10. The van der Waals surface area contributed by atoms with Crippen molar-refractivity contribution in [3.05, 3.63) is 0 Å². The van der Waals surface area contributed by atoms with Gasteiger partial charge in [0.1, 0.15) is 0 Å². The summed E-state index contributed by atoms with van der Waals surface area (Å²) in [5.41, 5.74) is 0. The summed E-state index contributed by atoms with van der Waals surface area (Å²) in [4.78, 5) is 0. The first kappa shape index (κ1) is 10.4. The first-order valence-electron chi connectivity index (χ1n) is 5.84. The van der Waals surface area contributed by atoms with Crippen molar-refractivity contribution in [1.29, 1.82) is 0 Å². The molecule has 82 valence electrons. The number of hydrogen-bond acceptors (Lipinski definition) is 3. The summed E-state index contributed by atoms with van der Waals surface area (Å²) in [5, 5.41) is 13.6. The van der Waals surface area contributed by atoms with Crippen LogP contribution in [-0.2, 0) is 4.74 Å². The van der Waals surface area contributed by atoms with Gasteiger partial charge >= 0.3 is 0 Å². The van der Waals surface area contributed by atoms with Crippen LogP contribution >= 0.6 is 0 Å². The highest BCUT2D eigenvalue weighted by molar-refractivity contribution is 4.81. The third kappa shape index (κ3) is 2.47. The van der Waals surface area contributed by atoms with E-state index in [-0.39, 0.29) is 6.10 Å². The maximum absolute atomic E-state index is 10.2. The zero-order valence-corrected chi connectivity index (χ0v) is 8.74. The van der Waals surface area contributed by atoms with Crippen molar-refractivity contribution in [1.82, 2.24) is 5.32 Å². The lowest BCUT2D eigenvalue weighted by Crippen LogP contribution is -2.39. The Morgan fingerprint density at radius 3 is 2.21 bits per heavy atom. The van der Waals surface area contributed by atoms with Gasteiger partial charge in [0.15, 0.2) is 0 Å². The van der Waals surface area contributed by atoms with Crippen molar-refractivity contribution in [2.45, 2.75) is 31.8 Å². The second-order valence-electron chi connectivity index (χ2n) is 4.53. The quantitative estimate of drug-likeness (QED) is 0.690. The molecule has 2 heterocycles. The van der Waals surface area contributed by atoms with Gasteiger partial charge in [-0.15, -0.1) is 0 Å². The average molecular weight is 199 g/mol. The minimum Gasteiger partial charge on any atom is -0.393 e. The Morgan fingerprint density at radius 1 is 1.00 bits per heavy atom. The van der Waals surface area contributed by atoms with E-state index in [4.69, 9.17) is 4.74 Å². The number of rotatable bonds is 2. The van der Waals surface area contributed by atoms with Crippen LogP contribution in [0.4, 0.5) is 0 Å². The molecule has 0 spiro atoms. The van der Waals surface area contributed by atoms with Gasteiger partial charge in [-0.3, -0.25) is 0 Å². The van der Waals surface area contributed by atoms with Gasteiger partial charge in [0.05, 0.1) is 6.10 Å². The Kier molecular flexibility index (Phi) is 3.79. The van der Waals surface area contributed by atoms with E-state index in [0.29, 0.717) is 11.8 Å². The monoisotopic (exact) mass is 199 g/mol. The molecule has 3 nitrogen and oxygen atoms in total. The molecule has 0 aromatic heterocycles. The summed E-state index contributed by atoms with van der Waals surface area (Å²) < 4.78 is 5.31. The van der Waals surface area contributed by atoms with E-state index in [1.165, 1.54) is 0 Å². The van der Waals surface area contributed by atoms with E-state index in [1.807, 2.05) is 0 Å². The summed E-state index contributed by atoms with van der Waals surface area (Å²) in [7, 11) is 0. The number of ether oxygens (including phenoxy) is 1. The SMILES string of the molecule is O[C@@H](C1CCNCC1)C1CCOCC1. The summed E-state index contributed by atoms with van der Waals surface area (Å²) in [6.45, 7) is 3.83. The average Bonchev–Trinajstić information content (AvgIpc) is 2.30. The van der Waals surface area contributed by atoms with Crippen LogP contribution in [0.3, 0.4) is 0 Å². The standard InChI is InChI=1S/C11H21NO2/c13-11(9-1-5-12-6-2-9)10-3-7-14-8-4-10/h9-13H,1-8H2/t11-/m0/s1. The highest BCUT2D eigenvalue weighted by atomic mass is 16.5. The van der Waals surface area contributed by atoms with E-state index >= 15 is 0 Å². The minimum absolute atomic E-state index is 0.0824. The van der Waals surface area contributed by atoms with Gasteiger partial charge in [0.25, 0.3) is 0 Å². The number of aliphatic hydroxyl groups excluding tert-OH is 1. The number of aliphatic hydroxyl groups is 1. The zero-order valence-electron chi connectivity index (χ0n) is 8.74. The largest absolute Gasteiger partial charge is 0.393 e. The van der Waals surface area contributed by atoms with Crippen LogP contribution in [0, 0.1) is 11.8 Å². The molecule has 2 fully saturated rings. The number of piperidine rings is 1. The van der Waals surface area contributed by atoms with E-state index < -0.39 is 0 Å². The Hall–Kier alpha value is -0.120. The predicted molar refractivity (Wildman–Crippen MR) is 55.1 cm³/mol. The maximum atomic E-state index is 10.2. The molecule has 3 heteroatoms. The molecule has 0 amide bonds. The molecule has 0 saturated carbocycles. The lowest BCUT2D eigenvalue weighted by molar-refractivity contribution is -0.0235. The van der Waals surface area contributed by atoms with Crippen molar-refractivity contribution >= 4 is 0 Å². The first-order chi connectivity index (χ1) is 6.88. The van der Waals surface area contributed by atoms with E-state index in [0.717, 1.165) is 52.0 Å². The predicted octanol–water partition coefficient (Wildman–Crippen LogP) is 0.773. The maximum Gasteiger partial charge on any atom is 0.0599 e. The lowest BCUT2D eigenvalue weighted by atomic mass is 9.81. The smallest absolute Gasteiger partial charge is 0.0599 e. The first-order valence-corrected chi connectivity index (χ1v) is 5.84. The summed E-state index contributed by atoms with van der Waals surface area (Å²) >= 11 is 0. The van der Waals surface area contributed by atoms with Crippen LogP contribution < -0.4 is 5.32 Å². The fourth-order valence-corrected chi connectivity index (χ4v) is 2.63. The molecule has 2 aliphatic heterocycles. The van der Waals surface area contributed by atoms with Crippen LogP contribution in [0.25, 0.3) is 0 Å². The van der Waals surface area contributed by atoms with Crippen molar-refractivity contribution in [3.8, 4) is 0 Å². The summed E-state index contributed by atoms with van der Waals surface area (Å²) in [6, 6.07) is 0. The van der Waals surface area contributed by atoms with Gasteiger partial charge in [-0.2, -0.15) is 0 Å². The molecule has 0 aromatic rings. The van der Waals surface area contributed by atoms with Crippen LogP contribution in [0.15, 0.2) is 0 Å². The number of hydrogen-bond donors (Lipinski definition) is 2. The molecule has 14 heavy (non-hydrogen) atoms. The van der Waals surface area contributed by atoms with E-state index in [9.17, 15) is 5.11 Å². The molecule has 1 atom stereocenters. The van der Waals surface area contributed by atoms with Gasteiger partial charge in [-0.25, -0.2) is 0 Å². The van der Waals surface area contributed by atoms with Gasteiger partial charge in [-0.05, 0) is 50.6 Å². The van der Waals surface area contributed by atoms with Crippen LogP contribution in [0.2, 0.25) is 0 Å². The summed E-state index contributed by atoms with van der Waals surface area (Å²) in [6.07, 6.45) is 4.29. The van der Waals surface area contributed by atoms with Crippen LogP contribution in [0.5, 0.6) is 0 Å². The molecule has 2 rings (SSSR count). The van der Waals surface area contributed by atoms with E-state index in [1.54, 1.807) is 0 Å². The third-order valence-electron chi connectivity index (χ3n) is 3.62. The fourth-order valence-electron chi connectivity index (χ4n) is 2.63. The highest BCUT2D eigenvalue weighted by Gasteiger charge is 2.29. The minimum atomic E-state index is -0.0824. The third-order valence-corrected chi connectivity index (χ3v) is 3.62. The highest BCUT2D eigenvalue weighted by Crippen LogP contribution is 2.27. The van der Waals surface area contributed by atoms with Crippen molar-refractivity contribution < 1.29 is 9.84 Å².